The Morgan fingerprint density at radius 1 is 1.16 bits per heavy atom. The molecule has 3 atom stereocenters. The summed E-state index contributed by atoms with van der Waals surface area (Å²) in [6, 6.07) is 11.6. The van der Waals surface area contributed by atoms with E-state index in [2.05, 4.69) is 51.1 Å². The predicted molar refractivity (Wildman–Crippen MR) is 77.9 cm³/mol. The maximum Gasteiger partial charge on any atom is 0.0853 e. The van der Waals surface area contributed by atoms with Crippen molar-refractivity contribution in [3.63, 3.8) is 0 Å². The van der Waals surface area contributed by atoms with Gasteiger partial charge in [-0.05, 0) is 47.6 Å². The SMILES string of the molecule is CC(C)(C)c1ccc(C2(C#N)C[C@H]3CC[C@@H]2C3)cc1. The molecular weight excluding hydrogens is 230 g/mol. The van der Waals surface area contributed by atoms with Gasteiger partial charge < -0.3 is 0 Å². The molecule has 0 saturated heterocycles. The van der Waals surface area contributed by atoms with Gasteiger partial charge in [-0.25, -0.2) is 0 Å². The van der Waals surface area contributed by atoms with E-state index < -0.39 is 0 Å². The van der Waals surface area contributed by atoms with Crippen molar-refractivity contribution in [2.75, 3.05) is 0 Å². The lowest BCUT2D eigenvalue weighted by Crippen LogP contribution is -2.31. The number of nitrogens with zero attached hydrogens (tertiary/aromatic N) is 1. The van der Waals surface area contributed by atoms with Crippen molar-refractivity contribution in [2.45, 2.75) is 57.3 Å². The van der Waals surface area contributed by atoms with Crippen molar-refractivity contribution in [1.29, 1.82) is 5.26 Å². The van der Waals surface area contributed by atoms with Gasteiger partial charge in [0.2, 0.25) is 0 Å². The van der Waals surface area contributed by atoms with Crippen molar-refractivity contribution in [3.8, 4) is 6.07 Å². The Hall–Kier alpha value is -1.29. The minimum Gasteiger partial charge on any atom is -0.197 e. The molecule has 0 amide bonds. The van der Waals surface area contributed by atoms with Crippen LogP contribution in [0.1, 0.15) is 57.6 Å². The van der Waals surface area contributed by atoms with E-state index in [-0.39, 0.29) is 10.8 Å². The van der Waals surface area contributed by atoms with Crippen LogP contribution in [0.2, 0.25) is 0 Å². The molecule has 2 aliphatic rings. The average molecular weight is 253 g/mol. The van der Waals surface area contributed by atoms with Gasteiger partial charge in [0.1, 0.15) is 0 Å². The molecule has 1 aromatic rings. The normalized spacial score (nSPS) is 33.4. The van der Waals surface area contributed by atoms with Crippen molar-refractivity contribution < 1.29 is 0 Å². The molecule has 2 saturated carbocycles. The third kappa shape index (κ3) is 1.89. The molecule has 2 fully saturated rings. The molecule has 3 rings (SSSR count). The Kier molecular flexibility index (Phi) is 2.75. The van der Waals surface area contributed by atoms with Crippen LogP contribution in [0.15, 0.2) is 24.3 Å². The molecular formula is C18H23N. The third-order valence-corrected chi connectivity index (χ3v) is 5.31. The van der Waals surface area contributed by atoms with Crippen molar-refractivity contribution in [3.05, 3.63) is 35.4 Å². The second-order valence-corrected chi connectivity index (χ2v) is 7.49. The van der Waals surface area contributed by atoms with Gasteiger partial charge in [-0.15, -0.1) is 0 Å². The largest absolute Gasteiger partial charge is 0.197 e. The topological polar surface area (TPSA) is 23.8 Å². The summed E-state index contributed by atoms with van der Waals surface area (Å²) >= 11 is 0. The van der Waals surface area contributed by atoms with Crippen LogP contribution in [-0.4, -0.2) is 0 Å². The summed E-state index contributed by atoms with van der Waals surface area (Å²) < 4.78 is 0. The first-order chi connectivity index (χ1) is 8.95. The van der Waals surface area contributed by atoms with E-state index in [1.807, 2.05) is 0 Å². The van der Waals surface area contributed by atoms with Crippen LogP contribution >= 0.6 is 0 Å². The maximum atomic E-state index is 9.77. The Labute approximate surface area is 116 Å². The van der Waals surface area contributed by atoms with Gasteiger partial charge in [0.05, 0.1) is 11.5 Å². The van der Waals surface area contributed by atoms with Gasteiger partial charge in [-0.1, -0.05) is 51.5 Å². The van der Waals surface area contributed by atoms with Gasteiger partial charge in [-0.2, -0.15) is 5.26 Å². The fourth-order valence-electron chi connectivity index (χ4n) is 4.15. The standard InChI is InChI=1S/C18H23N/c1-17(2,3)14-6-8-15(9-7-14)18(12-19)11-13-4-5-16(18)10-13/h6-9,13,16H,4-5,10-11H2,1-3H3/t13-,16+,18?/m0/s1. The molecule has 0 radical (unpaired) electrons. The highest BCUT2D eigenvalue weighted by atomic mass is 14.6. The summed E-state index contributed by atoms with van der Waals surface area (Å²) in [5, 5.41) is 9.77. The first-order valence-corrected chi connectivity index (χ1v) is 7.48. The van der Waals surface area contributed by atoms with E-state index in [4.69, 9.17) is 0 Å². The number of benzene rings is 1. The summed E-state index contributed by atoms with van der Waals surface area (Å²) in [6.07, 6.45) is 4.95. The Morgan fingerprint density at radius 2 is 1.84 bits per heavy atom. The van der Waals surface area contributed by atoms with Gasteiger partial charge in [0, 0.05) is 0 Å². The van der Waals surface area contributed by atoms with Crippen LogP contribution in [-0.2, 0) is 10.8 Å². The van der Waals surface area contributed by atoms with Gasteiger partial charge in [-0.3, -0.25) is 0 Å². The van der Waals surface area contributed by atoms with Crippen LogP contribution < -0.4 is 0 Å². The van der Waals surface area contributed by atoms with Crippen LogP contribution in [0.3, 0.4) is 0 Å². The molecule has 0 heterocycles. The van der Waals surface area contributed by atoms with Crippen molar-refractivity contribution in [1.82, 2.24) is 0 Å². The van der Waals surface area contributed by atoms with E-state index in [9.17, 15) is 5.26 Å². The molecule has 1 aromatic carbocycles. The van der Waals surface area contributed by atoms with Crippen LogP contribution in [0.4, 0.5) is 0 Å². The van der Waals surface area contributed by atoms with Crippen molar-refractivity contribution >= 4 is 0 Å². The van der Waals surface area contributed by atoms with Gasteiger partial charge >= 0.3 is 0 Å². The molecule has 2 bridgehead atoms. The van der Waals surface area contributed by atoms with Gasteiger partial charge in [0.25, 0.3) is 0 Å². The predicted octanol–water partition coefficient (Wildman–Crippen LogP) is 4.57. The minimum absolute atomic E-state index is 0.181. The zero-order valence-electron chi connectivity index (χ0n) is 12.2. The molecule has 0 N–H and O–H groups in total. The fourth-order valence-corrected chi connectivity index (χ4v) is 4.15. The van der Waals surface area contributed by atoms with Crippen LogP contribution in [0.25, 0.3) is 0 Å². The van der Waals surface area contributed by atoms with E-state index in [1.54, 1.807) is 0 Å². The molecule has 1 nitrogen and oxygen atoms in total. The quantitative estimate of drug-likeness (QED) is 0.719. The summed E-state index contributed by atoms with van der Waals surface area (Å²) in [5.41, 5.74) is 2.62. The number of fused-ring (bicyclic) bond motifs is 2. The Morgan fingerprint density at radius 3 is 2.26 bits per heavy atom. The number of hydrogen-bond donors (Lipinski definition) is 0. The molecule has 0 aromatic heterocycles. The van der Waals surface area contributed by atoms with Crippen LogP contribution in [0.5, 0.6) is 0 Å². The number of hydrogen-bond acceptors (Lipinski definition) is 1. The molecule has 100 valence electrons. The van der Waals surface area contributed by atoms with E-state index in [0.29, 0.717) is 5.92 Å². The first-order valence-electron chi connectivity index (χ1n) is 7.48. The number of nitriles is 1. The third-order valence-electron chi connectivity index (χ3n) is 5.31. The van der Waals surface area contributed by atoms with Gasteiger partial charge in [0.15, 0.2) is 0 Å². The summed E-state index contributed by atoms with van der Waals surface area (Å²) in [4.78, 5) is 0. The highest BCUT2D eigenvalue weighted by Crippen LogP contribution is 2.56. The Bertz CT molecular complexity index is 514. The smallest absolute Gasteiger partial charge is 0.0853 e. The lowest BCUT2D eigenvalue weighted by atomic mass is 9.69. The Balaban J connectivity index is 1.96. The molecule has 2 aliphatic carbocycles. The summed E-state index contributed by atoms with van der Waals surface area (Å²) in [5.74, 6) is 1.40. The number of rotatable bonds is 1. The summed E-state index contributed by atoms with van der Waals surface area (Å²) in [7, 11) is 0. The van der Waals surface area contributed by atoms with E-state index in [1.165, 1.54) is 30.4 Å². The first kappa shape index (κ1) is 12.7. The zero-order valence-corrected chi connectivity index (χ0v) is 12.2. The monoisotopic (exact) mass is 253 g/mol. The van der Waals surface area contributed by atoms with E-state index in [0.717, 1.165) is 12.3 Å². The lowest BCUT2D eigenvalue weighted by Gasteiger charge is -2.32. The molecule has 1 heteroatoms. The summed E-state index contributed by atoms with van der Waals surface area (Å²) in [6.45, 7) is 6.71. The molecule has 0 spiro atoms. The highest BCUT2D eigenvalue weighted by molar-refractivity contribution is 5.39. The molecule has 0 aliphatic heterocycles. The van der Waals surface area contributed by atoms with Crippen LogP contribution in [0, 0.1) is 23.2 Å². The minimum atomic E-state index is -0.181. The fraction of sp³-hybridized carbons (Fsp3) is 0.611. The lowest BCUT2D eigenvalue weighted by molar-refractivity contribution is 0.340. The maximum absolute atomic E-state index is 9.77. The second-order valence-electron chi connectivity index (χ2n) is 7.49. The zero-order chi connectivity index (χ0) is 13.7. The highest BCUT2D eigenvalue weighted by Gasteiger charge is 2.52. The second kappa shape index (κ2) is 4.10. The molecule has 19 heavy (non-hydrogen) atoms. The van der Waals surface area contributed by atoms with E-state index >= 15 is 0 Å². The van der Waals surface area contributed by atoms with Crippen molar-refractivity contribution in [2.24, 2.45) is 11.8 Å². The molecule has 1 unspecified atom stereocenters. The average Bonchev–Trinajstić information content (AvgIpc) is 2.98.